The molecule has 0 unspecified atom stereocenters. The summed E-state index contributed by atoms with van der Waals surface area (Å²) >= 11 is 0. The highest BCUT2D eigenvalue weighted by Gasteiger charge is 2.10. The Hall–Kier alpha value is -3.70. The maximum atomic E-state index is 5.44. The molecule has 0 amide bonds. The first-order valence-corrected chi connectivity index (χ1v) is 10.1. The Balaban J connectivity index is 1.56. The van der Waals surface area contributed by atoms with Gasteiger partial charge in [0.2, 0.25) is 0 Å². The van der Waals surface area contributed by atoms with Crippen molar-refractivity contribution < 1.29 is 0 Å². The third kappa shape index (κ3) is 4.47. The normalized spacial score (nSPS) is 10.6. The monoisotopic (exact) mass is 388 g/mol. The van der Waals surface area contributed by atoms with E-state index in [4.69, 9.17) is 11.4 Å². The van der Waals surface area contributed by atoms with Crippen LogP contribution in [0.2, 0.25) is 0 Å². The van der Waals surface area contributed by atoms with Gasteiger partial charge in [0.25, 0.3) is 0 Å². The fraction of sp³-hybridized carbons (Fsp3) is 0.143. The molecule has 2 heteroatoms. The van der Waals surface area contributed by atoms with Crippen LogP contribution in [0, 0.1) is 26.2 Å². The van der Waals surface area contributed by atoms with E-state index in [2.05, 4.69) is 61.2 Å². The molecular weight excluding hydrogens is 364 g/mol. The fourth-order valence-electron chi connectivity index (χ4n) is 3.78. The molecule has 0 radical (unpaired) electrons. The van der Waals surface area contributed by atoms with Gasteiger partial charge in [0.05, 0.1) is 0 Å². The molecule has 4 rings (SSSR count). The van der Waals surface area contributed by atoms with E-state index >= 15 is 0 Å². The van der Waals surface area contributed by atoms with Gasteiger partial charge in [-0.2, -0.15) is 0 Å². The van der Waals surface area contributed by atoms with Crippen molar-refractivity contribution in [1.29, 1.82) is 0 Å². The van der Waals surface area contributed by atoms with Crippen LogP contribution in [0.25, 0.3) is 11.1 Å². The lowest BCUT2D eigenvalue weighted by molar-refractivity contribution is 0.912. The molecule has 0 aliphatic rings. The van der Waals surface area contributed by atoms with E-state index in [0.29, 0.717) is 6.42 Å². The molecule has 0 saturated carbocycles. The number of aromatic nitrogens is 2. The van der Waals surface area contributed by atoms with Crippen molar-refractivity contribution in [3.63, 3.8) is 0 Å². The third-order valence-electron chi connectivity index (χ3n) is 5.41. The summed E-state index contributed by atoms with van der Waals surface area (Å²) < 4.78 is 0. The molecule has 1 aromatic heterocycles. The molecule has 30 heavy (non-hydrogen) atoms. The zero-order valence-corrected chi connectivity index (χ0v) is 17.4. The van der Waals surface area contributed by atoms with Gasteiger partial charge in [-0.15, -0.1) is 6.42 Å². The minimum absolute atomic E-state index is 0.698. The van der Waals surface area contributed by atoms with Gasteiger partial charge in [-0.25, -0.2) is 9.97 Å². The molecule has 4 aromatic rings. The summed E-state index contributed by atoms with van der Waals surface area (Å²) in [6.07, 6.45) is 8.80. The standard InChI is InChI=1S/C28H24N2/c1-4-22-10-12-23(13-11-22)18-28-29-15-14-26(30-28)19-27-20(2)16-25(17-21(27)3)24-8-6-5-7-9-24/h1,5-17H,18-19H2,2-3H3. The number of benzene rings is 3. The maximum absolute atomic E-state index is 5.44. The van der Waals surface area contributed by atoms with Gasteiger partial charge < -0.3 is 0 Å². The largest absolute Gasteiger partial charge is 0.241 e. The van der Waals surface area contributed by atoms with Gasteiger partial charge in [-0.3, -0.25) is 0 Å². The molecule has 0 spiro atoms. The molecular formula is C28H24N2. The van der Waals surface area contributed by atoms with E-state index in [0.717, 1.165) is 29.1 Å². The van der Waals surface area contributed by atoms with Gasteiger partial charge in [0.15, 0.2) is 0 Å². The van der Waals surface area contributed by atoms with Crippen LogP contribution in [0.4, 0.5) is 0 Å². The SMILES string of the molecule is C#Cc1ccc(Cc2nccc(Cc3c(C)cc(-c4ccccc4)cc3C)n2)cc1. The summed E-state index contributed by atoms with van der Waals surface area (Å²) in [7, 11) is 0. The molecule has 0 bridgehead atoms. The van der Waals surface area contributed by atoms with Gasteiger partial charge in [0, 0.05) is 30.3 Å². The van der Waals surface area contributed by atoms with Crippen molar-refractivity contribution >= 4 is 0 Å². The third-order valence-corrected chi connectivity index (χ3v) is 5.41. The Morgan fingerprint density at radius 3 is 2.17 bits per heavy atom. The molecule has 1 heterocycles. The van der Waals surface area contributed by atoms with E-state index < -0.39 is 0 Å². The van der Waals surface area contributed by atoms with E-state index in [9.17, 15) is 0 Å². The van der Waals surface area contributed by atoms with E-state index in [1.807, 2.05) is 42.6 Å². The Morgan fingerprint density at radius 2 is 1.50 bits per heavy atom. The zero-order valence-electron chi connectivity index (χ0n) is 17.4. The van der Waals surface area contributed by atoms with E-state index in [1.165, 1.54) is 27.8 Å². The zero-order chi connectivity index (χ0) is 20.9. The molecule has 2 nitrogen and oxygen atoms in total. The molecule has 0 saturated heterocycles. The highest BCUT2D eigenvalue weighted by molar-refractivity contribution is 5.66. The van der Waals surface area contributed by atoms with Crippen LogP contribution >= 0.6 is 0 Å². The highest BCUT2D eigenvalue weighted by Crippen LogP contribution is 2.26. The molecule has 0 atom stereocenters. The van der Waals surface area contributed by atoms with Gasteiger partial charge in [-0.05, 0) is 65.4 Å². The van der Waals surface area contributed by atoms with Crippen molar-refractivity contribution in [3.8, 4) is 23.5 Å². The number of terminal acetylenes is 1. The van der Waals surface area contributed by atoms with Crippen molar-refractivity contribution in [2.75, 3.05) is 0 Å². The predicted octanol–water partition coefficient (Wildman–Crippen LogP) is 5.92. The first-order chi connectivity index (χ1) is 14.6. The molecule has 3 aromatic carbocycles. The summed E-state index contributed by atoms with van der Waals surface area (Å²) in [4.78, 5) is 9.28. The van der Waals surface area contributed by atoms with Crippen LogP contribution in [0.1, 0.15) is 39.3 Å². The minimum atomic E-state index is 0.698. The number of nitrogens with zero attached hydrogens (tertiary/aromatic N) is 2. The summed E-state index contributed by atoms with van der Waals surface area (Å²) in [5, 5.41) is 0. The smallest absolute Gasteiger partial charge is 0.132 e. The molecule has 146 valence electrons. The highest BCUT2D eigenvalue weighted by atomic mass is 14.9. The Bertz CT molecular complexity index is 1180. The first kappa shape index (κ1) is 19.6. The van der Waals surface area contributed by atoms with Crippen molar-refractivity contribution in [2.45, 2.75) is 26.7 Å². The Morgan fingerprint density at radius 1 is 0.800 bits per heavy atom. The molecule has 0 aliphatic heterocycles. The van der Waals surface area contributed by atoms with Crippen molar-refractivity contribution in [2.24, 2.45) is 0 Å². The van der Waals surface area contributed by atoms with Crippen LogP contribution in [0.5, 0.6) is 0 Å². The second-order valence-corrected chi connectivity index (χ2v) is 7.61. The minimum Gasteiger partial charge on any atom is -0.241 e. The lowest BCUT2D eigenvalue weighted by Gasteiger charge is -2.13. The average molecular weight is 389 g/mol. The second kappa shape index (κ2) is 8.76. The van der Waals surface area contributed by atoms with Crippen molar-refractivity contribution in [3.05, 3.63) is 118 Å². The number of aryl methyl sites for hydroxylation is 2. The molecule has 0 aliphatic carbocycles. The fourth-order valence-corrected chi connectivity index (χ4v) is 3.78. The number of hydrogen-bond donors (Lipinski definition) is 0. The topological polar surface area (TPSA) is 25.8 Å². The molecule has 0 fully saturated rings. The van der Waals surface area contributed by atoms with Crippen LogP contribution < -0.4 is 0 Å². The first-order valence-electron chi connectivity index (χ1n) is 10.1. The van der Waals surface area contributed by atoms with Gasteiger partial charge >= 0.3 is 0 Å². The maximum Gasteiger partial charge on any atom is 0.132 e. The number of rotatable bonds is 5. The van der Waals surface area contributed by atoms with Crippen LogP contribution in [-0.4, -0.2) is 9.97 Å². The lowest BCUT2D eigenvalue weighted by atomic mass is 9.93. The average Bonchev–Trinajstić information content (AvgIpc) is 2.77. The summed E-state index contributed by atoms with van der Waals surface area (Å²) in [5.74, 6) is 3.48. The Labute approximate surface area is 178 Å². The lowest BCUT2D eigenvalue weighted by Crippen LogP contribution is -2.03. The summed E-state index contributed by atoms with van der Waals surface area (Å²) in [6, 6.07) is 25.1. The van der Waals surface area contributed by atoms with Crippen LogP contribution in [0.3, 0.4) is 0 Å². The summed E-state index contributed by atoms with van der Waals surface area (Å²) in [6.45, 7) is 4.37. The summed E-state index contributed by atoms with van der Waals surface area (Å²) in [5.41, 5.74) is 9.50. The quantitative estimate of drug-likeness (QED) is 0.396. The van der Waals surface area contributed by atoms with E-state index in [1.54, 1.807) is 0 Å². The van der Waals surface area contributed by atoms with E-state index in [-0.39, 0.29) is 0 Å². The van der Waals surface area contributed by atoms with Gasteiger partial charge in [0.1, 0.15) is 5.82 Å². The second-order valence-electron chi connectivity index (χ2n) is 7.61. The number of hydrogen-bond acceptors (Lipinski definition) is 2. The van der Waals surface area contributed by atoms with Crippen LogP contribution in [0.15, 0.2) is 79.0 Å². The Kier molecular flexibility index (Phi) is 5.72. The predicted molar refractivity (Wildman–Crippen MR) is 123 cm³/mol. The molecule has 0 N–H and O–H groups in total. The van der Waals surface area contributed by atoms with Crippen LogP contribution in [-0.2, 0) is 12.8 Å². The van der Waals surface area contributed by atoms with Crippen molar-refractivity contribution in [1.82, 2.24) is 9.97 Å². The van der Waals surface area contributed by atoms with Gasteiger partial charge in [-0.1, -0.05) is 60.5 Å².